The molecule has 2 amide bonds. The van der Waals surface area contributed by atoms with E-state index in [1.807, 2.05) is 64.1 Å². The SMILES string of the molecule is Cc1ccc(N2C[C@H](C(=O)NCc3nnnn3-c3ccc(C)c(C)c3)CC2=O)cc1C. The van der Waals surface area contributed by atoms with E-state index in [0.717, 1.165) is 22.5 Å². The number of benzene rings is 2. The van der Waals surface area contributed by atoms with Gasteiger partial charge in [-0.2, -0.15) is 4.68 Å². The quantitative estimate of drug-likeness (QED) is 0.687. The Balaban J connectivity index is 1.42. The highest BCUT2D eigenvalue weighted by molar-refractivity contribution is 6.00. The van der Waals surface area contributed by atoms with Gasteiger partial charge in [0.15, 0.2) is 5.82 Å². The number of amides is 2. The van der Waals surface area contributed by atoms with Crippen LogP contribution in [0.3, 0.4) is 0 Å². The number of carbonyl (C=O) groups is 2. The Morgan fingerprint density at radius 2 is 1.65 bits per heavy atom. The van der Waals surface area contributed by atoms with Gasteiger partial charge in [0.25, 0.3) is 0 Å². The molecule has 0 saturated carbocycles. The lowest BCUT2D eigenvalue weighted by Gasteiger charge is -2.18. The fourth-order valence-electron chi connectivity index (χ4n) is 3.71. The number of tetrazole rings is 1. The van der Waals surface area contributed by atoms with Crippen LogP contribution >= 0.6 is 0 Å². The third-order valence-corrected chi connectivity index (χ3v) is 5.99. The second-order valence-corrected chi connectivity index (χ2v) is 8.17. The van der Waals surface area contributed by atoms with Crippen molar-refractivity contribution in [3.63, 3.8) is 0 Å². The van der Waals surface area contributed by atoms with Crippen LogP contribution in [0.4, 0.5) is 5.69 Å². The van der Waals surface area contributed by atoms with Crippen LogP contribution in [-0.4, -0.2) is 38.6 Å². The van der Waals surface area contributed by atoms with E-state index >= 15 is 0 Å². The molecule has 0 spiro atoms. The molecule has 2 aromatic carbocycles. The summed E-state index contributed by atoms with van der Waals surface area (Å²) in [6, 6.07) is 11.9. The normalized spacial score (nSPS) is 16.1. The Kier molecular flexibility index (Phi) is 5.54. The Morgan fingerprint density at radius 1 is 1.00 bits per heavy atom. The zero-order chi connectivity index (χ0) is 22.1. The van der Waals surface area contributed by atoms with Crippen LogP contribution in [0.15, 0.2) is 36.4 Å². The molecule has 4 rings (SSSR count). The van der Waals surface area contributed by atoms with Crippen molar-refractivity contribution >= 4 is 17.5 Å². The molecule has 8 heteroatoms. The van der Waals surface area contributed by atoms with Crippen molar-refractivity contribution in [2.24, 2.45) is 5.92 Å². The van der Waals surface area contributed by atoms with E-state index in [2.05, 4.69) is 20.8 Å². The summed E-state index contributed by atoms with van der Waals surface area (Å²) in [5, 5.41) is 14.8. The standard InChI is InChI=1S/C23H26N6O2/c1-14-5-7-19(9-16(14)3)28-13-18(11-22(28)30)23(31)24-12-21-25-26-27-29(21)20-8-6-15(2)17(4)10-20/h5-10,18H,11-13H2,1-4H3,(H,24,31)/t18-/m1/s1. The van der Waals surface area contributed by atoms with Crippen LogP contribution in [0.25, 0.3) is 5.69 Å². The zero-order valence-corrected chi connectivity index (χ0v) is 18.2. The van der Waals surface area contributed by atoms with Gasteiger partial charge in [0, 0.05) is 18.7 Å². The van der Waals surface area contributed by atoms with Gasteiger partial charge in [-0.3, -0.25) is 9.59 Å². The molecule has 1 saturated heterocycles. The third kappa shape index (κ3) is 4.19. The molecule has 1 aliphatic heterocycles. The topological polar surface area (TPSA) is 93.0 Å². The van der Waals surface area contributed by atoms with Gasteiger partial charge in [0.2, 0.25) is 11.8 Å². The highest BCUT2D eigenvalue weighted by Gasteiger charge is 2.35. The van der Waals surface area contributed by atoms with Crippen LogP contribution in [0, 0.1) is 33.6 Å². The molecule has 0 bridgehead atoms. The van der Waals surface area contributed by atoms with E-state index in [0.29, 0.717) is 12.4 Å². The van der Waals surface area contributed by atoms with Gasteiger partial charge in [-0.25, -0.2) is 0 Å². The zero-order valence-electron chi connectivity index (χ0n) is 18.2. The number of rotatable bonds is 5. The van der Waals surface area contributed by atoms with Gasteiger partial charge in [-0.1, -0.05) is 12.1 Å². The lowest BCUT2D eigenvalue weighted by molar-refractivity contribution is -0.126. The molecule has 8 nitrogen and oxygen atoms in total. The van der Waals surface area contributed by atoms with E-state index in [1.54, 1.807) is 9.58 Å². The van der Waals surface area contributed by atoms with Crippen LogP contribution in [-0.2, 0) is 16.1 Å². The lowest BCUT2D eigenvalue weighted by atomic mass is 10.1. The predicted molar refractivity (Wildman–Crippen MR) is 117 cm³/mol. The molecule has 0 radical (unpaired) electrons. The molecule has 1 fully saturated rings. The number of hydrogen-bond acceptors (Lipinski definition) is 5. The molecule has 2 heterocycles. The summed E-state index contributed by atoms with van der Waals surface area (Å²) in [5.74, 6) is -0.0790. The maximum Gasteiger partial charge on any atom is 0.227 e. The van der Waals surface area contributed by atoms with Gasteiger partial charge >= 0.3 is 0 Å². The Morgan fingerprint density at radius 3 is 2.32 bits per heavy atom. The summed E-state index contributed by atoms with van der Waals surface area (Å²) in [6.07, 6.45) is 0.195. The second kappa shape index (κ2) is 8.29. The first kappa shape index (κ1) is 20.7. The number of aromatic nitrogens is 4. The van der Waals surface area contributed by atoms with Crippen molar-refractivity contribution < 1.29 is 9.59 Å². The Labute approximate surface area is 181 Å². The van der Waals surface area contributed by atoms with Crippen LogP contribution in [0.1, 0.15) is 34.5 Å². The number of anilines is 1. The van der Waals surface area contributed by atoms with E-state index in [1.165, 1.54) is 11.1 Å². The first-order valence-corrected chi connectivity index (χ1v) is 10.3. The first-order valence-electron chi connectivity index (χ1n) is 10.3. The molecule has 1 N–H and O–H groups in total. The fraction of sp³-hybridized carbons (Fsp3) is 0.348. The summed E-state index contributed by atoms with van der Waals surface area (Å²) in [5.41, 5.74) is 6.30. The fourth-order valence-corrected chi connectivity index (χ4v) is 3.71. The minimum atomic E-state index is -0.403. The number of carbonyl (C=O) groups excluding carboxylic acids is 2. The van der Waals surface area contributed by atoms with Gasteiger partial charge < -0.3 is 10.2 Å². The van der Waals surface area contributed by atoms with Crippen molar-refractivity contribution in [3.8, 4) is 5.69 Å². The highest BCUT2D eigenvalue weighted by atomic mass is 16.2. The minimum absolute atomic E-state index is 0.0385. The van der Waals surface area contributed by atoms with Crippen LogP contribution < -0.4 is 10.2 Å². The van der Waals surface area contributed by atoms with E-state index in [4.69, 9.17) is 0 Å². The van der Waals surface area contributed by atoms with Crippen molar-refractivity contribution in [1.29, 1.82) is 0 Å². The van der Waals surface area contributed by atoms with Crippen LogP contribution in [0.5, 0.6) is 0 Å². The molecule has 0 unspecified atom stereocenters. The Hall–Kier alpha value is -3.55. The van der Waals surface area contributed by atoms with Gasteiger partial charge in [0.05, 0.1) is 18.2 Å². The molecular formula is C23H26N6O2. The van der Waals surface area contributed by atoms with Gasteiger partial charge in [-0.15, -0.1) is 5.10 Å². The Bertz CT molecular complexity index is 1150. The third-order valence-electron chi connectivity index (χ3n) is 5.99. The number of hydrogen-bond donors (Lipinski definition) is 1. The molecule has 1 aliphatic rings. The van der Waals surface area contributed by atoms with Gasteiger partial charge in [0.1, 0.15) is 0 Å². The maximum atomic E-state index is 12.8. The van der Waals surface area contributed by atoms with E-state index in [9.17, 15) is 9.59 Å². The largest absolute Gasteiger partial charge is 0.348 e. The average Bonchev–Trinajstić information content (AvgIpc) is 3.37. The molecule has 31 heavy (non-hydrogen) atoms. The van der Waals surface area contributed by atoms with Gasteiger partial charge in [-0.05, 0) is 84.6 Å². The molecular weight excluding hydrogens is 392 g/mol. The first-order chi connectivity index (χ1) is 14.8. The average molecular weight is 419 g/mol. The lowest BCUT2D eigenvalue weighted by Crippen LogP contribution is -2.33. The van der Waals surface area contributed by atoms with Crippen molar-refractivity contribution in [1.82, 2.24) is 25.5 Å². The summed E-state index contributed by atoms with van der Waals surface area (Å²) in [6.45, 7) is 8.69. The molecule has 0 aliphatic carbocycles. The number of aryl methyl sites for hydroxylation is 4. The van der Waals surface area contributed by atoms with Crippen LogP contribution in [0.2, 0.25) is 0 Å². The molecule has 1 atom stereocenters. The number of nitrogens with one attached hydrogen (secondary N) is 1. The van der Waals surface area contributed by atoms with E-state index < -0.39 is 5.92 Å². The van der Waals surface area contributed by atoms with Crippen molar-refractivity contribution in [2.75, 3.05) is 11.4 Å². The summed E-state index contributed by atoms with van der Waals surface area (Å²) in [4.78, 5) is 27.0. The van der Waals surface area contributed by atoms with Crippen molar-refractivity contribution in [2.45, 2.75) is 40.7 Å². The second-order valence-electron chi connectivity index (χ2n) is 8.17. The molecule has 3 aromatic rings. The monoisotopic (exact) mass is 418 g/mol. The minimum Gasteiger partial charge on any atom is -0.348 e. The smallest absolute Gasteiger partial charge is 0.227 e. The maximum absolute atomic E-state index is 12.8. The summed E-state index contributed by atoms with van der Waals surface area (Å²) in [7, 11) is 0. The highest BCUT2D eigenvalue weighted by Crippen LogP contribution is 2.27. The predicted octanol–water partition coefficient (Wildman–Crippen LogP) is 2.57. The molecule has 1 aromatic heterocycles. The molecule has 160 valence electrons. The number of nitrogens with zero attached hydrogens (tertiary/aromatic N) is 5. The van der Waals surface area contributed by atoms with Crippen molar-refractivity contribution in [3.05, 3.63) is 64.5 Å². The van der Waals surface area contributed by atoms with E-state index in [-0.39, 0.29) is 24.8 Å². The summed E-state index contributed by atoms with van der Waals surface area (Å²) < 4.78 is 1.62. The summed E-state index contributed by atoms with van der Waals surface area (Å²) >= 11 is 0.